The lowest BCUT2D eigenvalue weighted by Gasteiger charge is -2.31. The highest BCUT2D eigenvalue weighted by atomic mass is 79.9. The maximum atomic E-state index is 9.71. The molecule has 17 heavy (non-hydrogen) atoms. The highest BCUT2D eigenvalue weighted by Gasteiger charge is 2.26. The predicted molar refractivity (Wildman–Crippen MR) is 77.2 cm³/mol. The van der Waals surface area contributed by atoms with Crippen LogP contribution in [0, 0.1) is 5.41 Å². The summed E-state index contributed by atoms with van der Waals surface area (Å²) in [6.45, 7) is 4.68. The van der Waals surface area contributed by atoms with Crippen molar-refractivity contribution in [3.63, 3.8) is 0 Å². The van der Waals surface area contributed by atoms with Crippen molar-refractivity contribution in [2.45, 2.75) is 46.0 Å². The van der Waals surface area contributed by atoms with E-state index in [2.05, 4.69) is 54.0 Å². The number of aliphatic hydroxyl groups excluding tert-OH is 1. The van der Waals surface area contributed by atoms with Crippen molar-refractivity contribution >= 4 is 15.9 Å². The first kappa shape index (κ1) is 14.7. The number of hydrogen-bond donors (Lipinski definition) is 1. The fourth-order valence-corrected chi connectivity index (χ4v) is 2.49. The van der Waals surface area contributed by atoms with Gasteiger partial charge in [0.2, 0.25) is 0 Å². The van der Waals surface area contributed by atoms with Crippen LogP contribution in [0.4, 0.5) is 0 Å². The lowest BCUT2D eigenvalue weighted by atomic mass is 9.76. The highest BCUT2D eigenvalue weighted by molar-refractivity contribution is 9.10. The maximum absolute atomic E-state index is 9.71. The number of aliphatic hydroxyl groups is 1. The summed E-state index contributed by atoms with van der Waals surface area (Å²) in [6, 6.07) is 8.45. The third-order valence-electron chi connectivity index (χ3n) is 3.64. The first-order chi connectivity index (χ1) is 8.15. The molecule has 1 aromatic rings. The molecular weight excluding hydrogens is 276 g/mol. The molecule has 0 aromatic heterocycles. The van der Waals surface area contributed by atoms with Crippen LogP contribution in [0.15, 0.2) is 28.7 Å². The molecule has 0 bridgehead atoms. The molecular formula is C15H23BrO. The molecule has 0 aliphatic heterocycles. The molecule has 1 nitrogen and oxygen atoms in total. The van der Waals surface area contributed by atoms with Gasteiger partial charge in [0.05, 0.1) is 0 Å². The van der Waals surface area contributed by atoms with Crippen molar-refractivity contribution in [2.24, 2.45) is 5.41 Å². The van der Waals surface area contributed by atoms with Gasteiger partial charge in [-0.25, -0.2) is 0 Å². The van der Waals surface area contributed by atoms with E-state index in [-0.39, 0.29) is 5.41 Å². The number of hydrogen-bond acceptors (Lipinski definition) is 1. The highest BCUT2D eigenvalue weighted by Crippen LogP contribution is 2.32. The molecule has 0 aliphatic carbocycles. The fraction of sp³-hybridized carbons (Fsp3) is 0.600. The Kier molecular flexibility index (Phi) is 6.21. The lowest BCUT2D eigenvalue weighted by Crippen LogP contribution is -2.27. The van der Waals surface area contributed by atoms with Gasteiger partial charge in [-0.1, -0.05) is 54.8 Å². The summed E-state index contributed by atoms with van der Waals surface area (Å²) in [5.74, 6) is 0. The molecule has 0 amide bonds. The summed E-state index contributed by atoms with van der Waals surface area (Å²) in [7, 11) is 0. The molecule has 1 atom stereocenters. The van der Waals surface area contributed by atoms with Crippen LogP contribution >= 0.6 is 15.9 Å². The van der Waals surface area contributed by atoms with Gasteiger partial charge in [-0.3, -0.25) is 0 Å². The van der Waals surface area contributed by atoms with Gasteiger partial charge < -0.3 is 5.11 Å². The summed E-state index contributed by atoms with van der Waals surface area (Å²) < 4.78 is 1.11. The van der Waals surface area contributed by atoms with Crippen molar-refractivity contribution in [3.8, 4) is 0 Å². The Balaban J connectivity index is 2.74. The van der Waals surface area contributed by atoms with Gasteiger partial charge in [-0.2, -0.15) is 0 Å². The normalized spacial score (nSPS) is 14.6. The minimum Gasteiger partial charge on any atom is -0.396 e. The molecule has 0 spiro atoms. The Morgan fingerprint density at radius 1 is 1.18 bits per heavy atom. The van der Waals surface area contributed by atoms with E-state index in [0.29, 0.717) is 6.61 Å². The molecule has 0 heterocycles. The van der Waals surface area contributed by atoms with Gasteiger partial charge in [0.25, 0.3) is 0 Å². The van der Waals surface area contributed by atoms with Crippen LogP contribution in [0.3, 0.4) is 0 Å². The second kappa shape index (κ2) is 7.17. The van der Waals surface area contributed by atoms with Gasteiger partial charge in [0.1, 0.15) is 0 Å². The second-order valence-electron chi connectivity index (χ2n) is 4.92. The van der Waals surface area contributed by atoms with Crippen molar-refractivity contribution in [1.29, 1.82) is 0 Å². The van der Waals surface area contributed by atoms with Crippen molar-refractivity contribution in [3.05, 3.63) is 34.3 Å². The fourth-order valence-electron chi connectivity index (χ4n) is 2.22. The van der Waals surface area contributed by atoms with E-state index >= 15 is 0 Å². The molecule has 1 aromatic carbocycles. The average molecular weight is 299 g/mol. The van der Waals surface area contributed by atoms with E-state index in [1.165, 1.54) is 18.4 Å². The van der Waals surface area contributed by atoms with Crippen molar-refractivity contribution in [1.82, 2.24) is 0 Å². The largest absolute Gasteiger partial charge is 0.396 e. The third kappa shape index (κ3) is 4.44. The van der Waals surface area contributed by atoms with Gasteiger partial charge >= 0.3 is 0 Å². The van der Waals surface area contributed by atoms with Crippen LogP contribution in [0.1, 0.15) is 45.1 Å². The Bertz CT molecular complexity index is 314. The first-order valence-electron chi connectivity index (χ1n) is 6.51. The summed E-state index contributed by atoms with van der Waals surface area (Å²) in [5, 5.41) is 9.71. The Hall–Kier alpha value is -0.340. The van der Waals surface area contributed by atoms with E-state index in [1.54, 1.807) is 0 Å². The van der Waals surface area contributed by atoms with Crippen LogP contribution in [-0.4, -0.2) is 11.7 Å². The molecule has 2 heteroatoms. The van der Waals surface area contributed by atoms with Crippen LogP contribution < -0.4 is 0 Å². The monoisotopic (exact) mass is 298 g/mol. The van der Waals surface area contributed by atoms with Crippen molar-refractivity contribution < 1.29 is 5.11 Å². The molecule has 0 saturated heterocycles. The molecule has 1 rings (SSSR count). The van der Waals surface area contributed by atoms with Gasteiger partial charge in [-0.05, 0) is 42.4 Å². The summed E-state index contributed by atoms with van der Waals surface area (Å²) in [6.07, 6.45) is 5.53. The number of halogens is 1. The van der Waals surface area contributed by atoms with Crippen LogP contribution in [0.5, 0.6) is 0 Å². The Morgan fingerprint density at radius 2 is 1.82 bits per heavy atom. The van der Waals surface area contributed by atoms with E-state index in [1.807, 2.05) is 0 Å². The van der Waals surface area contributed by atoms with Crippen LogP contribution in [0.2, 0.25) is 0 Å². The smallest absolute Gasteiger partial charge is 0.0490 e. The number of benzene rings is 1. The molecule has 0 aliphatic rings. The zero-order valence-electron chi connectivity index (χ0n) is 10.9. The molecule has 0 fully saturated rings. The topological polar surface area (TPSA) is 20.2 Å². The van der Waals surface area contributed by atoms with E-state index in [4.69, 9.17) is 0 Å². The third-order valence-corrected chi connectivity index (χ3v) is 4.17. The van der Waals surface area contributed by atoms with Crippen molar-refractivity contribution in [2.75, 3.05) is 6.61 Å². The molecule has 0 radical (unpaired) electrons. The average Bonchev–Trinajstić information content (AvgIpc) is 2.37. The van der Waals surface area contributed by atoms with E-state index in [9.17, 15) is 5.11 Å². The second-order valence-corrected chi connectivity index (χ2v) is 5.83. The molecule has 1 unspecified atom stereocenters. The van der Waals surface area contributed by atoms with E-state index in [0.717, 1.165) is 23.7 Å². The summed E-state index contributed by atoms with van der Waals surface area (Å²) in [5.41, 5.74) is 1.39. The Labute approximate surface area is 113 Å². The van der Waals surface area contributed by atoms with Gasteiger partial charge in [0.15, 0.2) is 0 Å². The predicted octanol–water partition coefficient (Wildman–Crippen LogP) is 4.57. The standard InChI is InChI=1S/C15H23BrO/c1-3-5-10-15(4-2,12-17)11-13-6-8-14(16)9-7-13/h6-9,17H,3-5,10-12H2,1-2H3. The zero-order valence-corrected chi connectivity index (χ0v) is 12.5. The molecule has 0 saturated carbocycles. The van der Waals surface area contributed by atoms with Gasteiger partial charge in [0, 0.05) is 11.1 Å². The molecule has 96 valence electrons. The minimum atomic E-state index is 0.0733. The SMILES string of the molecule is CCCCC(CC)(CO)Cc1ccc(Br)cc1. The zero-order chi connectivity index (χ0) is 12.7. The Morgan fingerprint density at radius 3 is 2.29 bits per heavy atom. The first-order valence-corrected chi connectivity index (χ1v) is 7.30. The van der Waals surface area contributed by atoms with Gasteiger partial charge in [-0.15, -0.1) is 0 Å². The summed E-state index contributed by atoms with van der Waals surface area (Å²) in [4.78, 5) is 0. The number of rotatable bonds is 7. The maximum Gasteiger partial charge on any atom is 0.0490 e. The van der Waals surface area contributed by atoms with Crippen LogP contribution in [-0.2, 0) is 6.42 Å². The molecule has 1 N–H and O–H groups in total. The van der Waals surface area contributed by atoms with Crippen LogP contribution in [0.25, 0.3) is 0 Å². The number of unbranched alkanes of at least 4 members (excludes halogenated alkanes) is 1. The lowest BCUT2D eigenvalue weighted by molar-refractivity contribution is 0.107. The quantitative estimate of drug-likeness (QED) is 0.782. The summed E-state index contributed by atoms with van der Waals surface area (Å²) >= 11 is 3.45. The van der Waals surface area contributed by atoms with E-state index < -0.39 is 0 Å². The minimum absolute atomic E-state index is 0.0733.